The number of anilines is 4. The minimum absolute atomic E-state index is 0. The summed E-state index contributed by atoms with van der Waals surface area (Å²) >= 11 is 2.36. The molecule has 2 aliphatic rings. The van der Waals surface area contributed by atoms with Gasteiger partial charge < -0.3 is 45.6 Å². The number of β-lactam (4-membered cyclic amide) rings is 1. The van der Waals surface area contributed by atoms with E-state index in [1.807, 2.05) is 31.1 Å². The molecule has 0 radical (unpaired) electrons. The number of phenols is 1. The number of carbonyl (C=O) groups excluding carboxylic acids is 4. The molecule has 4 heterocycles. The average molecular weight is 771 g/mol. The predicted octanol–water partition coefficient (Wildman–Crippen LogP) is -1.96. The maximum atomic E-state index is 13.7. The fourth-order valence-electron chi connectivity index (χ4n) is 5.29. The van der Waals surface area contributed by atoms with Crippen molar-refractivity contribution in [1.29, 1.82) is 0 Å². The van der Waals surface area contributed by atoms with Gasteiger partial charge in [-0.2, -0.15) is 0 Å². The molecule has 1 fully saturated rings. The second-order valence-corrected chi connectivity index (χ2v) is 13.7. The number of aromatic nitrogens is 4. The molecule has 0 spiro atoms. The molecule has 0 bridgehead atoms. The minimum Gasteiger partial charge on any atom is -0.543 e. The molecule has 270 valence electrons. The first-order chi connectivity index (χ1) is 24.9. The summed E-state index contributed by atoms with van der Waals surface area (Å²) in [6.07, 6.45) is 1.14. The summed E-state index contributed by atoms with van der Waals surface area (Å²) in [6.45, 7) is 1.62. The van der Waals surface area contributed by atoms with E-state index in [9.17, 15) is 34.2 Å². The number of nitrogens with one attached hydrogen (secondary N) is 5. The van der Waals surface area contributed by atoms with Crippen molar-refractivity contribution >= 4 is 70.3 Å². The maximum Gasteiger partial charge on any atom is 1.00 e. The van der Waals surface area contributed by atoms with Gasteiger partial charge in [0.25, 0.3) is 16.7 Å². The number of fused-ring (bicyclic) bond motifs is 1. The Kier molecular flexibility index (Phi) is 12.4. The number of aromatic amines is 1. The van der Waals surface area contributed by atoms with Gasteiger partial charge in [-0.25, -0.2) is 9.78 Å². The summed E-state index contributed by atoms with van der Waals surface area (Å²) in [5.74, 6) is -2.30. The van der Waals surface area contributed by atoms with Crippen LogP contribution in [0.4, 0.5) is 27.8 Å². The number of amides is 4. The van der Waals surface area contributed by atoms with E-state index in [1.54, 1.807) is 19.1 Å². The fraction of sp³-hybridized carbons (Fsp3) is 0.250. The summed E-state index contributed by atoms with van der Waals surface area (Å²) in [5, 5.41) is 39.5. The second kappa shape index (κ2) is 16.8. The molecule has 1 saturated heterocycles. The standard InChI is InChI=1S/C32H32N10O8S2.Na/c1-15-39-40-32(50-15)52-14-17-13-51-28-23(27(46)42(28)24(17)29(47)48)36-26(45)22(16-4-10-20(43)11-5-16)37-31(49)35-21-12-33-30(38-25(21)44)34-18-6-8-19(9-7-18)41(2)3;/h4-12,22-23,28,43H,13-14H2,1-3H3,(H,36,45)(H,47,48)(H2,35,37,49)(H2,33,34,38,44);/q;+1/p-1/t22-,23?,28-;/m1./s1. The van der Waals surface area contributed by atoms with Crippen molar-refractivity contribution in [3.05, 3.63) is 87.8 Å². The van der Waals surface area contributed by atoms with Gasteiger partial charge in [0.2, 0.25) is 17.7 Å². The van der Waals surface area contributed by atoms with E-state index in [0.29, 0.717) is 17.2 Å². The van der Waals surface area contributed by atoms with E-state index in [-0.39, 0.29) is 74.9 Å². The van der Waals surface area contributed by atoms with Crippen LogP contribution < -0.4 is 66.4 Å². The van der Waals surface area contributed by atoms with Gasteiger partial charge in [0.1, 0.15) is 28.9 Å². The predicted molar refractivity (Wildman–Crippen MR) is 189 cm³/mol. The molecule has 3 atom stereocenters. The van der Waals surface area contributed by atoms with Crippen LogP contribution >= 0.6 is 23.5 Å². The Labute approximate surface area is 331 Å². The van der Waals surface area contributed by atoms with E-state index in [1.165, 1.54) is 36.0 Å². The Hall–Kier alpha value is -5.02. The number of benzene rings is 2. The second-order valence-electron chi connectivity index (χ2n) is 11.7. The third-order valence-electron chi connectivity index (χ3n) is 7.87. The number of nitrogens with zero attached hydrogens (tertiary/aromatic N) is 5. The molecular formula is C32H31N10NaO8S2. The van der Waals surface area contributed by atoms with Crippen molar-refractivity contribution < 1.29 is 63.4 Å². The van der Waals surface area contributed by atoms with Gasteiger partial charge in [-0.15, -0.1) is 22.0 Å². The largest absolute Gasteiger partial charge is 1.00 e. The molecule has 6 N–H and O–H groups in total. The Morgan fingerprint density at radius 1 is 1.13 bits per heavy atom. The topological polar surface area (TPSA) is 251 Å². The molecule has 2 aliphatic heterocycles. The molecule has 6 rings (SSSR count). The van der Waals surface area contributed by atoms with Gasteiger partial charge in [-0.05, 0) is 47.5 Å². The summed E-state index contributed by atoms with van der Waals surface area (Å²) < 4.78 is 5.33. The molecule has 4 aromatic rings. The number of thioether (sulfide) groups is 2. The first-order valence-electron chi connectivity index (χ1n) is 15.5. The average Bonchev–Trinajstić information content (AvgIpc) is 3.54. The minimum atomic E-state index is -1.55. The van der Waals surface area contributed by atoms with Crippen LogP contribution in [0, 0.1) is 6.92 Å². The number of carboxylic acid groups (broad SMARTS) is 1. The quantitative estimate of drug-likeness (QED) is 0.0520. The van der Waals surface area contributed by atoms with Crippen LogP contribution in [0.2, 0.25) is 0 Å². The Balaban J connectivity index is 0.00000541. The number of hydrogen-bond donors (Lipinski definition) is 6. The molecule has 4 amide bonds. The SMILES string of the molecule is Cc1nnc(SCC2=C(C(=O)[O-])N3C(=O)C(NC(=O)[C@H](NC(=O)Nc4cnc(Nc5ccc(N(C)C)cc5)[nH]c4=O)c4ccc(O)cc4)[C@H]3SC2)o1.[Na+]. The van der Waals surface area contributed by atoms with Gasteiger partial charge in [-0.3, -0.25) is 24.3 Å². The molecule has 0 saturated carbocycles. The first kappa shape index (κ1) is 39.2. The summed E-state index contributed by atoms with van der Waals surface area (Å²) in [5.41, 5.74) is 1.10. The van der Waals surface area contributed by atoms with Crippen molar-refractivity contribution in [3.63, 3.8) is 0 Å². The van der Waals surface area contributed by atoms with E-state index in [0.717, 1.165) is 28.5 Å². The number of phenolic OH excluding ortho intramolecular Hbond substituents is 1. The molecule has 2 aromatic heterocycles. The monoisotopic (exact) mass is 770 g/mol. The van der Waals surface area contributed by atoms with Crippen molar-refractivity contribution in [2.45, 2.75) is 29.6 Å². The number of carboxylic acids is 1. The molecule has 18 nitrogen and oxygen atoms in total. The zero-order chi connectivity index (χ0) is 37.1. The first-order valence-corrected chi connectivity index (χ1v) is 17.5. The van der Waals surface area contributed by atoms with E-state index >= 15 is 0 Å². The smallest absolute Gasteiger partial charge is 0.543 e. The van der Waals surface area contributed by atoms with Crippen molar-refractivity contribution in [2.75, 3.05) is 41.1 Å². The number of aromatic hydroxyl groups is 1. The molecule has 2 aromatic carbocycles. The van der Waals surface area contributed by atoms with Gasteiger partial charge in [0, 0.05) is 43.9 Å². The zero-order valence-electron chi connectivity index (χ0n) is 28.7. The molecule has 1 unspecified atom stereocenters. The number of hydrogen-bond acceptors (Lipinski definition) is 15. The van der Waals surface area contributed by atoms with Crippen molar-refractivity contribution in [3.8, 4) is 5.75 Å². The number of carbonyl (C=O) groups is 4. The van der Waals surface area contributed by atoms with Gasteiger partial charge in [0.05, 0.1) is 17.9 Å². The Bertz CT molecular complexity index is 2110. The third-order valence-corrected chi connectivity index (χ3v) is 10.1. The van der Waals surface area contributed by atoms with Gasteiger partial charge in [-0.1, -0.05) is 23.9 Å². The van der Waals surface area contributed by atoms with E-state index in [4.69, 9.17) is 4.42 Å². The van der Waals surface area contributed by atoms with Gasteiger partial charge in [0.15, 0.2) is 0 Å². The van der Waals surface area contributed by atoms with E-state index < -0.39 is 46.8 Å². The van der Waals surface area contributed by atoms with Crippen LogP contribution in [0.5, 0.6) is 5.75 Å². The fourth-order valence-corrected chi connectivity index (χ4v) is 7.58. The number of aryl methyl sites for hydroxylation is 1. The van der Waals surface area contributed by atoms with Crippen LogP contribution in [-0.2, 0) is 14.4 Å². The van der Waals surface area contributed by atoms with Crippen LogP contribution in [0.15, 0.2) is 80.4 Å². The molecular weight excluding hydrogens is 740 g/mol. The van der Waals surface area contributed by atoms with Gasteiger partial charge >= 0.3 is 35.6 Å². The maximum absolute atomic E-state index is 13.7. The zero-order valence-corrected chi connectivity index (χ0v) is 32.3. The van der Waals surface area contributed by atoms with Crippen LogP contribution in [0.1, 0.15) is 17.5 Å². The third kappa shape index (κ3) is 8.96. The Morgan fingerprint density at radius 3 is 2.47 bits per heavy atom. The van der Waals surface area contributed by atoms with Crippen LogP contribution in [0.25, 0.3) is 0 Å². The summed E-state index contributed by atoms with van der Waals surface area (Å²) in [7, 11) is 3.82. The van der Waals surface area contributed by atoms with Crippen LogP contribution in [0.3, 0.4) is 0 Å². The van der Waals surface area contributed by atoms with Crippen LogP contribution in [-0.4, -0.2) is 91.0 Å². The number of urea groups is 1. The molecule has 21 heteroatoms. The number of aliphatic carboxylic acids is 1. The number of rotatable bonds is 12. The normalized spacial score (nSPS) is 16.7. The van der Waals surface area contributed by atoms with E-state index in [2.05, 4.69) is 41.4 Å². The summed E-state index contributed by atoms with van der Waals surface area (Å²) in [6, 6.07) is 9.30. The Morgan fingerprint density at radius 2 is 1.85 bits per heavy atom. The summed E-state index contributed by atoms with van der Waals surface area (Å²) in [4.78, 5) is 74.8. The number of H-pyrrole nitrogens is 1. The van der Waals surface area contributed by atoms with Crippen molar-refractivity contribution in [1.82, 2.24) is 35.7 Å². The molecule has 53 heavy (non-hydrogen) atoms. The molecule has 0 aliphatic carbocycles. The van der Waals surface area contributed by atoms with Crippen molar-refractivity contribution in [2.24, 2.45) is 0 Å².